The highest BCUT2D eigenvalue weighted by atomic mass is 79.9. The zero-order valence-corrected chi connectivity index (χ0v) is 11.6. The van der Waals surface area contributed by atoms with Crippen molar-refractivity contribution in [3.05, 3.63) is 51.0 Å². The molecule has 0 aliphatic heterocycles. The number of fused-ring (bicyclic) bond motifs is 1. The average molecular weight is 334 g/mol. The molecule has 20 heavy (non-hydrogen) atoms. The van der Waals surface area contributed by atoms with Crippen molar-refractivity contribution >= 4 is 32.7 Å². The zero-order chi connectivity index (χ0) is 14.3. The van der Waals surface area contributed by atoms with E-state index in [0.29, 0.717) is 10.3 Å². The lowest BCUT2D eigenvalue weighted by atomic mass is 10.1. The molecule has 0 saturated heterocycles. The van der Waals surface area contributed by atoms with Gasteiger partial charge in [0.05, 0.1) is 21.5 Å². The van der Waals surface area contributed by atoms with E-state index >= 15 is 0 Å². The first kappa shape index (κ1) is 12.6. The Bertz CT molecular complexity index is 796. The Kier molecular flexibility index (Phi) is 2.90. The van der Waals surface area contributed by atoms with Crippen LogP contribution < -0.4 is 0 Å². The van der Waals surface area contributed by atoms with E-state index in [2.05, 4.69) is 25.9 Å². The first-order chi connectivity index (χ1) is 9.56. The van der Waals surface area contributed by atoms with Crippen molar-refractivity contribution in [2.75, 3.05) is 0 Å². The van der Waals surface area contributed by atoms with Gasteiger partial charge in [-0.05, 0) is 18.2 Å². The molecule has 0 spiro atoms. The summed E-state index contributed by atoms with van der Waals surface area (Å²) in [7, 11) is 0. The summed E-state index contributed by atoms with van der Waals surface area (Å²) in [6.07, 6.45) is 0. The number of nitro groups is 1. The Hall–Kier alpha value is -2.41. The highest BCUT2D eigenvalue weighted by Gasteiger charge is 2.21. The number of nitrogens with one attached hydrogen (secondary N) is 1. The number of nitrogens with zero attached hydrogens (tertiary/aromatic N) is 2. The molecule has 0 radical (unpaired) electrons. The number of hydrogen-bond acceptors (Lipinski definition) is 4. The monoisotopic (exact) mass is 333 g/mol. The van der Waals surface area contributed by atoms with E-state index in [1.54, 1.807) is 6.07 Å². The van der Waals surface area contributed by atoms with Crippen molar-refractivity contribution in [1.29, 1.82) is 0 Å². The number of nitro benzene ring substituents is 1. The number of benzene rings is 2. The largest absolute Gasteiger partial charge is 0.502 e. The fourth-order valence-corrected chi connectivity index (χ4v) is 2.43. The van der Waals surface area contributed by atoms with Crippen molar-refractivity contribution in [3.63, 3.8) is 0 Å². The maximum absolute atomic E-state index is 10.9. The van der Waals surface area contributed by atoms with E-state index in [1.807, 2.05) is 24.3 Å². The van der Waals surface area contributed by atoms with Crippen molar-refractivity contribution in [1.82, 2.24) is 9.97 Å². The molecule has 1 heterocycles. The summed E-state index contributed by atoms with van der Waals surface area (Å²) in [5.74, 6) is -0.0228. The summed E-state index contributed by atoms with van der Waals surface area (Å²) >= 11 is 3.20. The summed E-state index contributed by atoms with van der Waals surface area (Å²) < 4.78 is 0.498. The highest BCUT2D eigenvalue weighted by Crippen LogP contribution is 2.38. The van der Waals surface area contributed by atoms with E-state index in [4.69, 9.17) is 0 Å². The molecule has 3 rings (SSSR count). The fourth-order valence-electron chi connectivity index (χ4n) is 1.98. The quantitative estimate of drug-likeness (QED) is 0.553. The molecular formula is C13H8BrN3O3. The number of aromatic amines is 1. The third-order valence-electron chi connectivity index (χ3n) is 2.90. The Morgan fingerprint density at radius 1 is 1.30 bits per heavy atom. The number of aromatic hydroxyl groups is 1. The van der Waals surface area contributed by atoms with Crippen molar-refractivity contribution < 1.29 is 10.0 Å². The van der Waals surface area contributed by atoms with Gasteiger partial charge in [0, 0.05) is 10.5 Å². The molecular weight excluding hydrogens is 326 g/mol. The van der Waals surface area contributed by atoms with Crippen LogP contribution in [0.5, 0.6) is 5.75 Å². The molecule has 0 aliphatic carbocycles. The minimum Gasteiger partial charge on any atom is -0.502 e. The molecule has 0 saturated carbocycles. The molecule has 0 atom stereocenters. The molecule has 2 aromatic carbocycles. The average Bonchev–Trinajstić information content (AvgIpc) is 2.84. The van der Waals surface area contributed by atoms with Crippen LogP contribution in [-0.4, -0.2) is 20.0 Å². The van der Waals surface area contributed by atoms with Gasteiger partial charge in [-0.25, -0.2) is 4.98 Å². The molecule has 1 aromatic heterocycles. The second kappa shape index (κ2) is 4.61. The Labute approximate surface area is 121 Å². The molecule has 100 valence electrons. The van der Waals surface area contributed by atoms with Crippen LogP contribution in [0, 0.1) is 10.1 Å². The lowest BCUT2D eigenvalue weighted by molar-refractivity contribution is -0.385. The van der Waals surface area contributed by atoms with Crippen LogP contribution in [-0.2, 0) is 0 Å². The van der Waals surface area contributed by atoms with Crippen LogP contribution in [0.15, 0.2) is 40.9 Å². The van der Waals surface area contributed by atoms with Gasteiger partial charge < -0.3 is 10.1 Å². The molecule has 0 fully saturated rings. The summed E-state index contributed by atoms with van der Waals surface area (Å²) in [5.41, 5.74) is 1.44. The standard InChI is InChI=1S/C13H8BrN3O3/c14-7-5-8(12(18)11(6-7)17(19)20)13-15-9-3-1-2-4-10(9)16-13/h1-6,18H,(H,15,16). The molecule has 7 heteroatoms. The van der Waals surface area contributed by atoms with Crippen LogP contribution in [0.1, 0.15) is 0 Å². The summed E-state index contributed by atoms with van der Waals surface area (Å²) in [6.45, 7) is 0. The predicted octanol–water partition coefficient (Wildman–Crippen LogP) is 3.61. The van der Waals surface area contributed by atoms with Crippen LogP contribution >= 0.6 is 15.9 Å². The molecule has 2 N–H and O–H groups in total. The van der Waals surface area contributed by atoms with Crippen LogP contribution in [0.4, 0.5) is 5.69 Å². The Morgan fingerprint density at radius 2 is 2.05 bits per heavy atom. The summed E-state index contributed by atoms with van der Waals surface area (Å²) in [4.78, 5) is 17.6. The maximum atomic E-state index is 10.9. The van der Waals surface area contributed by atoms with Gasteiger partial charge in [-0.15, -0.1) is 0 Å². The van der Waals surface area contributed by atoms with Crippen LogP contribution in [0.2, 0.25) is 0 Å². The maximum Gasteiger partial charge on any atom is 0.312 e. The molecule has 3 aromatic rings. The number of rotatable bonds is 2. The number of hydrogen-bond donors (Lipinski definition) is 2. The second-order valence-corrected chi connectivity index (χ2v) is 5.10. The van der Waals surface area contributed by atoms with Gasteiger partial charge in [0.2, 0.25) is 5.75 Å². The number of phenols is 1. The minimum absolute atomic E-state index is 0.280. The van der Waals surface area contributed by atoms with Crippen molar-refractivity contribution in [2.24, 2.45) is 0 Å². The molecule has 0 amide bonds. The van der Waals surface area contributed by atoms with Crippen molar-refractivity contribution in [2.45, 2.75) is 0 Å². The van der Waals surface area contributed by atoms with Gasteiger partial charge in [0.15, 0.2) is 0 Å². The minimum atomic E-state index is -0.633. The summed E-state index contributed by atoms with van der Waals surface area (Å²) in [5, 5.41) is 21.0. The lowest BCUT2D eigenvalue weighted by Gasteiger charge is -2.03. The van der Waals surface area contributed by atoms with Gasteiger partial charge in [-0.3, -0.25) is 10.1 Å². The fraction of sp³-hybridized carbons (Fsp3) is 0. The number of H-pyrrole nitrogens is 1. The van der Waals surface area contributed by atoms with Gasteiger partial charge >= 0.3 is 5.69 Å². The van der Waals surface area contributed by atoms with Crippen LogP contribution in [0.25, 0.3) is 22.4 Å². The number of imidazole rings is 1. The van der Waals surface area contributed by atoms with E-state index in [9.17, 15) is 15.2 Å². The summed E-state index contributed by atoms with van der Waals surface area (Å²) in [6, 6.07) is 10.2. The Balaban J connectivity index is 2.25. The number of phenolic OH excluding ortho intramolecular Hbond substituents is 1. The smallest absolute Gasteiger partial charge is 0.312 e. The van der Waals surface area contributed by atoms with Gasteiger partial charge in [0.1, 0.15) is 5.82 Å². The number of halogens is 1. The highest BCUT2D eigenvalue weighted by molar-refractivity contribution is 9.10. The first-order valence-corrected chi connectivity index (χ1v) is 6.47. The van der Waals surface area contributed by atoms with Crippen LogP contribution in [0.3, 0.4) is 0 Å². The number of para-hydroxylation sites is 2. The van der Waals surface area contributed by atoms with E-state index < -0.39 is 10.7 Å². The normalized spacial score (nSPS) is 10.8. The van der Waals surface area contributed by atoms with Gasteiger partial charge in [-0.1, -0.05) is 28.1 Å². The van der Waals surface area contributed by atoms with Gasteiger partial charge in [0.25, 0.3) is 0 Å². The van der Waals surface area contributed by atoms with E-state index in [1.165, 1.54) is 6.07 Å². The SMILES string of the molecule is O=[N+]([O-])c1cc(Br)cc(-c2nc3ccccc3[nH]2)c1O. The molecule has 0 bridgehead atoms. The topological polar surface area (TPSA) is 92.0 Å². The van der Waals surface area contributed by atoms with E-state index in [-0.39, 0.29) is 11.3 Å². The third kappa shape index (κ3) is 2.01. The van der Waals surface area contributed by atoms with Gasteiger partial charge in [-0.2, -0.15) is 0 Å². The molecule has 0 unspecified atom stereocenters. The molecule has 6 nitrogen and oxygen atoms in total. The lowest BCUT2D eigenvalue weighted by Crippen LogP contribution is -1.91. The second-order valence-electron chi connectivity index (χ2n) is 4.18. The first-order valence-electron chi connectivity index (χ1n) is 5.68. The third-order valence-corrected chi connectivity index (χ3v) is 3.35. The predicted molar refractivity (Wildman–Crippen MR) is 77.5 cm³/mol. The Morgan fingerprint density at radius 3 is 2.75 bits per heavy atom. The van der Waals surface area contributed by atoms with E-state index in [0.717, 1.165) is 11.0 Å². The molecule has 0 aliphatic rings. The zero-order valence-electron chi connectivity index (χ0n) is 10.0. The van der Waals surface area contributed by atoms with Crippen molar-refractivity contribution in [3.8, 4) is 17.1 Å². The number of aromatic nitrogens is 2.